The summed E-state index contributed by atoms with van der Waals surface area (Å²) in [6.45, 7) is 0.832. The summed E-state index contributed by atoms with van der Waals surface area (Å²) in [5, 5.41) is 9.21. The third-order valence-electron chi connectivity index (χ3n) is 8.83. The van der Waals surface area contributed by atoms with Gasteiger partial charge in [0.2, 0.25) is 0 Å². The largest absolute Gasteiger partial charge is 0.292 e. The molecule has 0 aliphatic carbocycles. The van der Waals surface area contributed by atoms with Gasteiger partial charge in [0.1, 0.15) is 5.69 Å². The van der Waals surface area contributed by atoms with Gasteiger partial charge in [-0.2, -0.15) is 0 Å². The minimum Gasteiger partial charge on any atom is -0.292 e. The molecule has 5 heteroatoms. The maximum Gasteiger partial charge on any atom is 0.182 e. The molecule has 8 aromatic rings. The van der Waals surface area contributed by atoms with E-state index in [-0.39, 0.29) is 0 Å². The van der Waals surface area contributed by atoms with Gasteiger partial charge >= 0.3 is 0 Å². The Balaban J connectivity index is 1.31. The van der Waals surface area contributed by atoms with Gasteiger partial charge in [-0.1, -0.05) is 109 Å². The summed E-state index contributed by atoms with van der Waals surface area (Å²) < 4.78 is 0. The number of aliphatic imine (C=N–C) groups is 1. The molecule has 0 radical (unpaired) electrons. The van der Waals surface area contributed by atoms with Crippen molar-refractivity contribution >= 4 is 54.9 Å². The van der Waals surface area contributed by atoms with Crippen LogP contribution >= 0.6 is 0 Å². The van der Waals surface area contributed by atoms with Crippen molar-refractivity contribution in [3.8, 4) is 34.3 Å². The van der Waals surface area contributed by atoms with E-state index in [1.54, 1.807) is 0 Å². The number of aromatic nitrogens is 4. The predicted octanol–water partition coefficient (Wildman–Crippen LogP) is 9.74. The lowest BCUT2D eigenvalue weighted by Crippen LogP contribution is -2.02. The summed E-state index contributed by atoms with van der Waals surface area (Å²) >= 11 is 0. The Hall–Kier alpha value is -6.07. The van der Waals surface area contributed by atoms with Gasteiger partial charge in [0.05, 0.1) is 0 Å². The number of pyridine rings is 1. The molecule has 0 saturated carbocycles. The van der Waals surface area contributed by atoms with Crippen LogP contribution in [0.4, 0.5) is 0 Å². The van der Waals surface area contributed by atoms with Crippen LogP contribution < -0.4 is 0 Å². The highest BCUT2D eigenvalue weighted by Crippen LogP contribution is 2.37. The van der Waals surface area contributed by atoms with Gasteiger partial charge in [0.25, 0.3) is 0 Å². The van der Waals surface area contributed by atoms with E-state index in [2.05, 4.69) is 126 Å². The molecule has 0 N–H and O–H groups in total. The van der Waals surface area contributed by atoms with Gasteiger partial charge in [-0.05, 0) is 73.3 Å². The standard InChI is InChI=1S/C41H27N5/c1-3-13-30-26(10-1)22-36(34-17-7-5-15-32(30)34)39-44-40(37-23-27-11-2-4-14-31(27)33-16-6-8-18-35(33)37)46-41(45-39)38-20-19-29(25-43-38)28-12-9-21-42-24-28/h1-8,10-20,22-25H,9,21H2. The molecule has 1 aliphatic rings. The fourth-order valence-electron chi connectivity index (χ4n) is 6.61. The first-order chi connectivity index (χ1) is 22.8. The zero-order chi connectivity index (χ0) is 30.5. The monoisotopic (exact) mass is 589 g/mol. The highest BCUT2D eigenvalue weighted by Gasteiger charge is 2.18. The lowest BCUT2D eigenvalue weighted by molar-refractivity contribution is 1.00. The van der Waals surface area contributed by atoms with Gasteiger partial charge < -0.3 is 0 Å². The first-order valence-corrected chi connectivity index (χ1v) is 15.5. The normalized spacial score (nSPS) is 13.1. The Morgan fingerprint density at radius 1 is 0.478 bits per heavy atom. The third kappa shape index (κ3) is 4.44. The molecule has 0 spiro atoms. The van der Waals surface area contributed by atoms with E-state index in [0.717, 1.165) is 56.8 Å². The molecule has 9 rings (SSSR count). The van der Waals surface area contributed by atoms with Gasteiger partial charge in [0.15, 0.2) is 17.5 Å². The zero-order valence-corrected chi connectivity index (χ0v) is 24.9. The Morgan fingerprint density at radius 3 is 1.52 bits per heavy atom. The van der Waals surface area contributed by atoms with E-state index in [1.165, 1.54) is 21.5 Å². The average molecular weight is 590 g/mol. The second kappa shape index (κ2) is 10.8. The lowest BCUT2D eigenvalue weighted by atomic mass is 9.96. The molecule has 0 unspecified atom stereocenters. The summed E-state index contributed by atoms with van der Waals surface area (Å²) in [5.41, 5.74) is 4.74. The molecule has 5 nitrogen and oxygen atoms in total. The van der Waals surface area contributed by atoms with E-state index in [1.807, 2.05) is 18.5 Å². The predicted molar refractivity (Wildman–Crippen MR) is 190 cm³/mol. The van der Waals surface area contributed by atoms with Crippen molar-refractivity contribution in [2.75, 3.05) is 6.54 Å². The molecule has 1 aliphatic heterocycles. The van der Waals surface area contributed by atoms with Crippen LogP contribution in [0, 0.1) is 0 Å². The van der Waals surface area contributed by atoms with E-state index < -0.39 is 0 Å². The number of hydrogen-bond acceptors (Lipinski definition) is 5. The molecule has 0 amide bonds. The molecule has 0 fully saturated rings. The molecule has 0 atom stereocenters. The average Bonchev–Trinajstić information content (AvgIpc) is 3.14. The molecule has 46 heavy (non-hydrogen) atoms. The van der Waals surface area contributed by atoms with Crippen LogP contribution in [0.2, 0.25) is 0 Å². The van der Waals surface area contributed by atoms with Crippen LogP contribution in [0.25, 0.3) is 83.0 Å². The molecular formula is C41H27N5. The Bertz CT molecular complexity index is 2390. The van der Waals surface area contributed by atoms with Crippen LogP contribution in [0.3, 0.4) is 0 Å². The molecule has 3 heterocycles. The maximum atomic E-state index is 5.23. The van der Waals surface area contributed by atoms with Gasteiger partial charge in [-0.25, -0.2) is 15.0 Å². The number of hydrogen-bond donors (Lipinski definition) is 0. The molecule has 2 aromatic heterocycles. The highest BCUT2D eigenvalue weighted by atomic mass is 15.0. The van der Waals surface area contributed by atoms with Crippen molar-refractivity contribution < 1.29 is 0 Å². The topological polar surface area (TPSA) is 63.9 Å². The number of dihydropyridines is 1. The summed E-state index contributed by atoms with van der Waals surface area (Å²) in [5.74, 6) is 1.77. The second-order valence-electron chi connectivity index (χ2n) is 11.6. The third-order valence-corrected chi connectivity index (χ3v) is 8.83. The molecular weight excluding hydrogens is 562 g/mol. The lowest BCUT2D eigenvalue weighted by Gasteiger charge is -2.14. The van der Waals surface area contributed by atoms with Crippen LogP contribution in [0.1, 0.15) is 12.0 Å². The summed E-state index contributed by atoms with van der Waals surface area (Å²) in [7, 11) is 0. The summed E-state index contributed by atoms with van der Waals surface area (Å²) in [6, 6.07) is 42.4. The fourth-order valence-corrected chi connectivity index (χ4v) is 6.61. The summed E-state index contributed by atoms with van der Waals surface area (Å²) in [4.78, 5) is 24.8. The first-order valence-electron chi connectivity index (χ1n) is 15.5. The van der Waals surface area contributed by atoms with E-state index in [9.17, 15) is 0 Å². The smallest absolute Gasteiger partial charge is 0.182 e. The number of rotatable bonds is 4. The Labute approximate surface area is 265 Å². The SMILES string of the molecule is C1=NCCC=C1c1ccc(-c2nc(-c3cc4ccccc4c4ccccc34)nc(-c3cc4ccccc4c4ccccc34)n2)nc1. The van der Waals surface area contributed by atoms with Crippen LogP contribution in [0.5, 0.6) is 0 Å². The van der Waals surface area contributed by atoms with Crippen LogP contribution in [-0.4, -0.2) is 32.7 Å². The van der Waals surface area contributed by atoms with Gasteiger partial charge in [-0.15, -0.1) is 0 Å². The van der Waals surface area contributed by atoms with Crippen molar-refractivity contribution in [1.82, 2.24) is 19.9 Å². The highest BCUT2D eigenvalue weighted by molar-refractivity contribution is 6.15. The Morgan fingerprint density at radius 2 is 1.00 bits per heavy atom. The molecule has 6 aromatic carbocycles. The second-order valence-corrected chi connectivity index (χ2v) is 11.6. The van der Waals surface area contributed by atoms with Crippen LogP contribution in [0.15, 0.2) is 139 Å². The van der Waals surface area contributed by atoms with Crippen molar-refractivity contribution in [2.24, 2.45) is 4.99 Å². The minimum absolute atomic E-state index is 0.535. The number of allylic oxidation sites excluding steroid dienone is 1. The first kappa shape index (κ1) is 26.3. The van der Waals surface area contributed by atoms with Crippen LogP contribution in [-0.2, 0) is 0 Å². The van der Waals surface area contributed by atoms with Crippen molar-refractivity contribution in [2.45, 2.75) is 6.42 Å². The van der Waals surface area contributed by atoms with E-state index >= 15 is 0 Å². The zero-order valence-electron chi connectivity index (χ0n) is 24.9. The molecule has 0 saturated heterocycles. The number of nitrogens with zero attached hydrogens (tertiary/aromatic N) is 5. The Kier molecular flexibility index (Phi) is 6.20. The van der Waals surface area contributed by atoms with Crippen molar-refractivity contribution in [3.63, 3.8) is 0 Å². The molecule has 216 valence electrons. The van der Waals surface area contributed by atoms with Gasteiger partial charge in [0, 0.05) is 35.6 Å². The van der Waals surface area contributed by atoms with Crippen molar-refractivity contribution in [3.05, 3.63) is 139 Å². The quantitative estimate of drug-likeness (QED) is 0.192. The fraction of sp³-hybridized carbons (Fsp3) is 0.0488. The van der Waals surface area contributed by atoms with Crippen molar-refractivity contribution in [1.29, 1.82) is 0 Å². The maximum absolute atomic E-state index is 5.23. The van der Waals surface area contributed by atoms with E-state index in [0.29, 0.717) is 23.2 Å². The van der Waals surface area contributed by atoms with E-state index in [4.69, 9.17) is 19.9 Å². The molecule has 0 bridgehead atoms. The minimum atomic E-state index is 0.535. The summed E-state index contributed by atoms with van der Waals surface area (Å²) in [6.07, 6.45) is 6.96. The number of benzene rings is 6. The number of fused-ring (bicyclic) bond motifs is 6. The van der Waals surface area contributed by atoms with Gasteiger partial charge in [-0.3, -0.25) is 9.98 Å².